The molecule has 2 saturated heterocycles. The van der Waals surface area contributed by atoms with E-state index in [2.05, 4.69) is 27.7 Å². The summed E-state index contributed by atoms with van der Waals surface area (Å²) in [6.07, 6.45) is 12.9. The van der Waals surface area contributed by atoms with E-state index < -0.39 is 0 Å². The molecule has 1 N–H and O–H groups in total. The van der Waals surface area contributed by atoms with Crippen LogP contribution in [-0.4, -0.2) is 29.7 Å². The number of hydrogen-bond donors (Lipinski definition) is 1. The second-order valence-corrected chi connectivity index (χ2v) is 13.1. The minimum atomic E-state index is -0.282. The Hall–Kier alpha value is -0.120. The van der Waals surface area contributed by atoms with Crippen molar-refractivity contribution in [2.24, 2.45) is 52.3 Å². The Morgan fingerprint density at radius 1 is 0.833 bits per heavy atom. The highest BCUT2D eigenvalue weighted by molar-refractivity contribution is 5.15. The predicted molar refractivity (Wildman–Crippen MR) is 118 cm³/mol. The molecule has 0 bridgehead atoms. The minimum absolute atomic E-state index is 0.0389. The van der Waals surface area contributed by atoms with Crippen LogP contribution >= 0.6 is 0 Å². The first-order chi connectivity index (χ1) is 14.3. The van der Waals surface area contributed by atoms with Gasteiger partial charge in [0.25, 0.3) is 0 Å². The molecule has 0 aromatic carbocycles. The number of aliphatic hydroxyl groups is 1. The standard InChI is InChI=1S/C27H44O3/c1-16-7-12-27(29-15-16)17(2)24-23(30-27)14-22-20-6-5-18-13-19(28)8-10-25(18,3)21(20)9-11-26(22,24)4/h16-24,28H,5-15H2,1-4H3/t16?,17-,18?,19-,20+,21-,22-,23-,24-,25-,26-,27+/m0/s1. The van der Waals surface area contributed by atoms with Gasteiger partial charge in [-0.05, 0) is 104 Å². The van der Waals surface area contributed by atoms with Gasteiger partial charge in [-0.15, -0.1) is 0 Å². The summed E-state index contributed by atoms with van der Waals surface area (Å²) in [5.41, 5.74) is 0.899. The van der Waals surface area contributed by atoms with Crippen LogP contribution in [0.2, 0.25) is 0 Å². The first kappa shape index (κ1) is 20.5. The summed E-state index contributed by atoms with van der Waals surface area (Å²) in [7, 11) is 0. The molecule has 3 heteroatoms. The Bertz CT molecular complexity index is 684. The van der Waals surface area contributed by atoms with Crippen LogP contribution in [0.25, 0.3) is 0 Å². The second-order valence-electron chi connectivity index (χ2n) is 13.1. The van der Waals surface area contributed by atoms with Crippen LogP contribution in [0.4, 0.5) is 0 Å². The zero-order valence-electron chi connectivity index (χ0n) is 19.7. The van der Waals surface area contributed by atoms with Crippen LogP contribution in [0.5, 0.6) is 0 Å². The van der Waals surface area contributed by atoms with Crippen LogP contribution in [0.3, 0.4) is 0 Å². The third-order valence-electron chi connectivity index (χ3n) is 11.9. The topological polar surface area (TPSA) is 38.7 Å². The average molecular weight is 417 g/mol. The third kappa shape index (κ3) is 2.61. The maximum absolute atomic E-state index is 10.3. The summed E-state index contributed by atoms with van der Waals surface area (Å²) in [6, 6.07) is 0. The van der Waals surface area contributed by atoms with Gasteiger partial charge in [0.05, 0.1) is 18.8 Å². The van der Waals surface area contributed by atoms with Crippen molar-refractivity contribution in [3.8, 4) is 0 Å². The summed E-state index contributed by atoms with van der Waals surface area (Å²) in [6.45, 7) is 10.9. The molecule has 1 spiro atoms. The molecule has 2 aliphatic heterocycles. The van der Waals surface area contributed by atoms with Crippen molar-refractivity contribution in [1.29, 1.82) is 0 Å². The predicted octanol–water partition coefficient (Wildman–Crippen LogP) is 5.79. The van der Waals surface area contributed by atoms with E-state index in [9.17, 15) is 5.11 Å². The number of ether oxygens (including phenoxy) is 2. The van der Waals surface area contributed by atoms with Crippen LogP contribution in [0.1, 0.15) is 91.9 Å². The normalized spacial score (nSPS) is 62.5. The first-order valence-electron chi connectivity index (χ1n) is 13.3. The van der Waals surface area contributed by atoms with Crippen LogP contribution in [-0.2, 0) is 9.47 Å². The molecule has 170 valence electrons. The quantitative estimate of drug-likeness (QED) is 0.543. The first-order valence-corrected chi connectivity index (χ1v) is 13.3. The van der Waals surface area contributed by atoms with E-state index in [1.54, 1.807) is 0 Å². The van der Waals surface area contributed by atoms with Gasteiger partial charge in [0.2, 0.25) is 0 Å². The molecular weight excluding hydrogens is 372 g/mol. The fourth-order valence-electron chi connectivity index (χ4n) is 10.3. The second kappa shape index (κ2) is 6.70. The molecular formula is C27H44O3. The lowest BCUT2D eigenvalue weighted by molar-refractivity contribution is -0.273. The van der Waals surface area contributed by atoms with Gasteiger partial charge in [-0.25, -0.2) is 0 Å². The van der Waals surface area contributed by atoms with E-state index in [1.165, 1.54) is 44.9 Å². The summed E-state index contributed by atoms with van der Waals surface area (Å²) in [5, 5.41) is 10.3. The van der Waals surface area contributed by atoms with Crippen molar-refractivity contribution in [3.05, 3.63) is 0 Å². The molecule has 30 heavy (non-hydrogen) atoms. The molecule has 4 aliphatic carbocycles. The molecule has 2 heterocycles. The van der Waals surface area contributed by atoms with Gasteiger partial charge in [0, 0.05) is 12.3 Å². The Balaban J connectivity index is 1.26. The number of hydrogen-bond acceptors (Lipinski definition) is 3. The summed E-state index contributed by atoms with van der Waals surface area (Å²) in [5.74, 6) is 4.93. The van der Waals surface area contributed by atoms with Gasteiger partial charge in [-0.2, -0.15) is 0 Å². The van der Waals surface area contributed by atoms with Crippen LogP contribution in [0.15, 0.2) is 0 Å². The van der Waals surface area contributed by atoms with E-state index in [0.717, 1.165) is 49.5 Å². The lowest BCUT2D eigenvalue weighted by atomic mass is 9.44. The van der Waals surface area contributed by atoms with Crippen molar-refractivity contribution < 1.29 is 14.6 Å². The van der Waals surface area contributed by atoms with E-state index in [4.69, 9.17) is 9.47 Å². The molecule has 0 amide bonds. The molecule has 0 aromatic rings. The molecule has 2 unspecified atom stereocenters. The van der Waals surface area contributed by atoms with Crippen molar-refractivity contribution in [2.45, 2.75) is 110 Å². The largest absolute Gasteiger partial charge is 0.393 e. The smallest absolute Gasteiger partial charge is 0.171 e. The van der Waals surface area contributed by atoms with Crippen molar-refractivity contribution in [1.82, 2.24) is 0 Å². The molecule has 4 saturated carbocycles. The highest BCUT2D eigenvalue weighted by atomic mass is 16.7. The monoisotopic (exact) mass is 416 g/mol. The minimum Gasteiger partial charge on any atom is -0.393 e. The molecule has 6 rings (SSSR count). The van der Waals surface area contributed by atoms with Gasteiger partial charge in [0.15, 0.2) is 5.79 Å². The lowest BCUT2D eigenvalue weighted by Crippen LogP contribution is -2.55. The van der Waals surface area contributed by atoms with Crippen LogP contribution < -0.4 is 0 Å². The fourth-order valence-corrected chi connectivity index (χ4v) is 10.3. The summed E-state index contributed by atoms with van der Waals surface area (Å²) >= 11 is 0. The molecule has 6 fully saturated rings. The highest BCUT2D eigenvalue weighted by Crippen LogP contribution is 2.71. The van der Waals surface area contributed by atoms with Crippen molar-refractivity contribution in [2.75, 3.05) is 6.61 Å². The number of fused-ring (bicyclic) bond motifs is 7. The van der Waals surface area contributed by atoms with Gasteiger partial charge >= 0.3 is 0 Å². The third-order valence-corrected chi connectivity index (χ3v) is 11.9. The van der Waals surface area contributed by atoms with E-state index in [-0.39, 0.29) is 11.9 Å². The Morgan fingerprint density at radius 2 is 1.63 bits per heavy atom. The molecule has 3 nitrogen and oxygen atoms in total. The van der Waals surface area contributed by atoms with Crippen molar-refractivity contribution in [3.63, 3.8) is 0 Å². The lowest BCUT2D eigenvalue weighted by Gasteiger charge is -2.61. The highest BCUT2D eigenvalue weighted by Gasteiger charge is 2.69. The Kier molecular flexibility index (Phi) is 4.58. The van der Waals surface area contributed by atoms with Gasteiger partial charge in [-0.3, -0.25) is 0 Å². The maximum atomic E-state index is 10.3. The molecule has 12 atom stereocenters. The zero-order chi connectivity index (χ0) is 20.9. The summed E-state index contributed by atoms with van der Waals surface area (Å²) in [4.78, 5) is 0. The van der Waals surface area contributed by atoms with Gasteiger partial charge in [-0.1, -0.05) is 27.7 Å². The maximum Gasteiger partial charge on any atom is 0.171 e. The summed E-state index contributed by atoms with van der Waals surface area (Å²) < 4.78 is 13.4. The van der Waals surface area contributed by atoms with E-state index >= 15 is 0 Å². The average Bonchev–Trinajstić information content (AvgIpc) is 3.16. The molecule has 6 aliphatic rings. The van der Waals surface area contributed by atoms with E-state index in [0.29, 0.717) is 34.7 Å². The van der Waals surface area contributed by atoms with Crippen molar-refractivity contribution >= 4 is 0 Å². The Labute approximate surface area is 183 Å². The number of rotatable bonds is 0. The molecule has 0 aromatic heterocycles. The van der Waals surface area contributed by atoms with E-state index in [1.807, 2.05) is 0 Å². The van der Waals surface area contributed by atoms with Gasteiger partial charge in [0.1, 0.15) is 0 Å². The number of aliphatic hydroxyl groups excluding tert-OH is 1. The fraction of sp³-hybridized carbons (Fsp3) is 1.00. The molecule has 0 radical (unpaired) electrons. The van der Waals surface area contributed by atoms with Crippen LogP contribution in [0, 0.1) is 52.3 Å². The van der Waals surface area contributed by atoms with Gasteiger partial charge < -0.3 is 14.6 Å². The SMILES string of the molecule is CC1CC[C@@]2(OC1)O[C@H]1C[C@H]3[C@@H]4CCC5C[C@@H](O)CC[C@]5(C)[C@H]4CC[C@]3(C)[C@H]1[C@@H]2C. The Morgan fingerprint density at radius 3 is 2.40 bits per heavy atom. The zero-order valence-corrected chi connectivity index (χ0v) is 19.7.